The van der Waals surface area contributed by atoms with E-state index in [2.05, 4.69) is 15.5 Å². The quantitative estimate of drug-likeness (QED) is 0.677. The van der Waals surface area contributed by atoms with Gasteiger partial charge in [-0.1, -0.05) is 22.8 Å². The van der Waals surface area contributed by atoms with Crippen LogP contribution in [-0.2, 0) is 0 Å². The van der Waals surface area contributed by atoms with Crippen molar-refractivity contribution >= 4 is 11.9 Å². The summed E-state index contributed by atoms with van der Waals surface area (Å²) in [5.41, 5.74) is 2.26. The topological polar surface area (TPSA) is 86.5 Å². The minimum atomic E-state index is -0.313. The van der Waals surface area contributed by atoms with Crippen molar-refractivity contribution in [2.75, 3.05) is 18.5 Å². The molecule has 0 bridgehead atoms. The zero-order valence-electron chi connectivity index (χ0n) is 15.5. The second-order valence-electron chi connectivity index (χ2n) is 5.76. The third kappa shape index (κ3) is 4.44. The Kier molecular flexibility index (Phi) is 5.71. The van der Waals surface area contributed by atoms with Gasteiger partial charge in [0, 0.05) is 11.1 Å². The number of anilines is 1. The predicted molar refractivity (Wildman–Crippen MR) is 101 cm³/mol. The van der Waals surface area contributed by atoms with Gasteiger partial charge in [0.2, 0.25) is 5.89 Å². The maximum Gasteiger partial charge on any atom is 0.322 e. The molecule has 3 rings (SSSR count). The Morgan fingerprint density at radius 3 is 2.41 bits per heavy atom. The molecule has 140 valence electrons. The van der Waals surface area contributed by atoms with Crippen LogP contribution in [0, 0.1) is 6.92 Å². The number of hydrogen-bond acceptors (Lipinski definition) is 6. The van der Waals surface area contributed by atoms with Crippen molar-refractivity contribution < 1.29 is 18.7 Å². The van der Waals surface area contributed by atoms with Crippen LogP contribution in [0.15, 0.2) is 46.9 Å². The molecule has 0 aliphatic carbocycles. The van der Waals surface area contributed by atoms with Gasteiger partial charge in [-0.15, -0.1) is 5.10 Å². The lowest BCUT2D eigenvalue weighted by Crippen LogP contribution is -2.11. The molecule has 7 heteroatoms. The first-order valence-corrected chi connectivity index (χ1v) is 8.72. The monoisotopic (exact) mass is 367 g/mol. The molecule has 3 aromatic rings. The van der Waals surface area contributed by atoms with E-state index in [-0.39, 0.29) is 17.8 Å². The van der Waals surface area contributed by atoms with E-state index in [0.717, 1.165) is 5.56 Å². The van der Waals surface area contributed by atoms with Crippen LogP contribution in [0.25, 0.3) is 11.5 Å². The molecule has 7 nitrogen and oxygen atoms in total. The van der Waals surface area contributed by atoms with Gasteiger partial charge in [-0.2, -0.15) is 0 Å². The third-order valence-corrected chi connectivity index (χ3v) is 3.75. The summed E-state index contributed by atoms with van der Waals surface area (Å²) in [6, 6.07) is 12.6. The highest BCUT2D eigenvalue weighted by atomic mass is 16.5. The molecule has 1 aromatic heterocycles. The lowest BCUT2D eigenvalue weighted by molar-refractivity contribution is 0.102. The van der Waals surface area contributed by atoms with Crippen LogP contribution in [0.5, 0.6) is 11.5 Å². The minimum Gasteiger partial charge on any atom is -0.490 e. The molecule has 0 radical (unpaired) electrons. The Morgan fingerprint density at radius 1 is 1.00 bits per heavy atom. The number of benzene rings is 2. The van der Waals surface area contributed by atoms with Crippen LogP contribution in [0.4, 0.5) is 6.01 Å². The van der Waals surface area contributed by atoms with Crippen molar-refractivity contribution in [2.24, 2.45) is 0 Å². The first-order chi connectivity index (χ1) is 13.1. The number of nitrogens with one attached hydrogen (secondary N) is 1. The van der Waals surface area contributed by atoms with Crippen molar-refractivity contribution in [1.82, 2.24) is 10.2 Å². The second-order valence-corrected chi connectivity index (χ2v) is 5.76. The fraction of sp³-hybridized carbons (Fsp3) is 0.250. The lowest BCUT2D eigenvalue weighted by atomic mass is 10.1. The number of amides is 1. The summed E-state index contributed by atoms with van der Waals surface area (Å²) < 4.78 is 16.7. The van der Waals surface area contributed by atoms with Gasteiger partial charge in [-0.3, -0.25) is 10.1 Å². The maximum absolute atomic E-state index is 12.3. The van der Waals surface area contributed by atoms with Crippen molar-refractivity contribution in [3.8, 4) is 23.0 Å². The van der Waals surface area contributed by atoms with Crippen LogP contribution in [0.3, 0.4) is 0 Å². The van der Waals surface area contributed by atoms with E-state index in [4.69, 9.17) is 13.9 Å². The van der Waals surface area contributed by atoms with E-state index in [1.54, 1.807) is 30.3 Å². The molecule has 1 amide bonds. The molecular formula is C20H21N3O4. The SMILES string of the molecule is CCOc1ccc(-c2nnc(NC(=O)c3ccc(C)cc3)o2)cc1OCC. The molecule has 0 aliphatic heterocycles. The van der Waals surface area contributed by atoms with Gasteiger partial charge < -0.3 is 13.9 Å². The Hall–Kier alpha value is -3.35. The zero-order chi connectivity index (χ0) is 19.2. The fourth-order valence-corrected chi connectivity index (χ4v) is 2.45. The van der Waals surface area contributed by atoms with Gasteiger partial charge in [0.05, 0.1) is 13.2 Å². The summed E-state index contributed by atoms with van der Waals surface area (Å²) in [6.07, 6.45) is 0. The highest BCUT2D eigenvalue weighted by Gasteiger charge is 2.15. The summed E-state index contributed by atoms with van der Waals surface area (Å²) in [5, 5.41) is 10.5. The van der Waals surface area contributed by atoms with Crippen molar-refractivity contribution in [2.45, 2.75) is 20.8 Å². The predicted octanol–water partition coefficient (Wildman–Crippen LogP) is 4.09. The zero-order valence-corrected chi connectivity index (χ0v) is 15.5. The molecule has 0 atom stereocenters. The Labute approximate surface area is 157 Å². The average Bonchev–Trinajstić information content (AvgIpc) is 3.12. The second kappa shape index (κ2) is 8.35. The summed E-state index contributed by atoms with van der Waals surface area (Å²) in [7, 11) is 0. The van der Waals surface area contributed by atoms with E-state index in [1.165, 1.54) is 0 Å². The molecule has 0 aliphatic rings. The van der Waals surface area contributed by atoms with Crippen LogP contribution >= 0.6 is 0 Å². The normalized spacial score (nSPS) is 10.5. The summed E-state index contributed by atoms with van der Waals surface area (Å²) in [4.78, 5) is 12.3. The Balaban J connectivity index is 1.77. The highest BCUT2D eigenvalue weighted by molar-refractivity contribution is 6.03. The Morgan fingerprint density at radius 2 is 1.70 bits per heavy atom. The summed E-state index contributed by atoms with van der Waals surface area (Å²) in [5.74, 6) is 1.21. The number of nitrogens with zero attached hydrogens (tertiary/aromatic N) is 2. The van der Waals surface area contributed by atoms with Crippen LogP contribution in [0.1, 0.15) is 29.8 Å². The number of rotatable bonds is 7. The maximum atomic E-state index is 12.3. The molecule has 27 heavy (non-hydrogen) atoms. The summed E-state index contributed by atoms with van der Waals surface area (Å²) in [6.45, 7) is 6.80. The number of aryl methyl sites for hydroxylation is 1. The lowest BCUT2D eigenvalue weighted by Gasteiger charge is -2.11. The van der Waals surface area contributed by atoms with Gasteiger partial charge in [0.15, 0.2) is 11.5 Å². The standard InChI is InChI=1S/C20H21N3O4/c1-4-25-16-11-10-15(12-17(16)26-5-2)19-22-23-20(27-19)21-18(24)14-8-6-13(3)7-9-14/h6-12H,4-5H2,1-3H3,(H,21,23,24). The molecule has 0 saturated carbocycles. The fourth-order valence-electron chi connectivity index (χ4n) is 2.45. The van der Waals surface area contributed by atoms with Crippen LogP contribution in [-0.4, -0.2) is 29.3 Å². The number of carbonyl (C=O) groups excluding carboxylic acids is 1. The van der Waals surface area contributed by atoms with Gasteiger partial charge in [0.25, 0.3) is 5.91 Å². The van der Waals surface area contributed by atoms with E-state index in [9.17, 15) is 4.79 Å². The third-order valence-electron chi connectivity index (χ3n) is 3.75. The molecule has 2 aromatic carbocycles. The van der Waals surface area contributed by atoms with Gasteiger partial charge in [-0.05, 0) is 51.1 Å². The molecule has 1 N–H and O–H groups in total. The number of hydrogen-bond donors (Lipinski definition) is 1. The van der Waals surface area contributed by atoms with Crippen molar-refractivity contribution in [3.63, 3.8) is 0 Å². The van der Waals surface area contributed by atoms with E-state index in [0.29, 0.717) is 35.8 Å². The first-order valence-electron chi connectivity index (χ1n) is 8.72. The van der Waals surface area contributed by atoms with Crippen LogP contribution < -0.4 is 14.8 Å². The smallest absolute Gasteiger partial charge is 0.322 e. The van der Waals surface area contributed by atoms with Crippen LogP contribution in [0.2, 0.25) is 0 Å². The Bertz CT molecular complexity index is 919. The van der Waals surface area contributed by atoms with Crippen molar-refractivity contribution in [3.05, 3.63) is 53.6 Å². The molecule has 0 fully saturated rings. The molecule has 0 saturated heterocycles. The highest BCUT2D eigenvalue weighted by Crippen LogP contribution is 2.32. The summed E-state index contributed by atoms with van der Waals surface area (Å²) >= 11 is 0. The van der Waals surface area contributed by atoms with E-state index < -0.39 is 0 Å². The average molecular weight is 367 g/mol. The minimum absolute atomic E-state index is 0.0300. The van der Waals surface area contributed by atoms with Gasteiger partial charge in [0.1, 0.15) is 0 Å². The number of aromatic nitrogens is 2. The largest absolute Gasteiger partial charge is 0.490 e. The molecule has 0 spiro atoms. The molecule has 0 unspecified atom stereocenters. The number of carbonyl (C=O) groups is 1. The first kappa shape index (κ1) is 18.4. The molecular weight excluding hydrogens is 346 g/mol. The van der Waals surface area contributed by atoms with E-state index in [1.807, 2.05) is 32.9 Å². The van der Waals surface area contributed by atoms with Gasteiger partial charge >= 0.3 is 6.01 Å². The van der Waals surface area contributed by atoms with Gasteiger partial charge in [-0.25, -0.2) is 0 Å². The van der Waals surface area contributed by atoms with E-state index >= 15 is 0 Å². The molecule has 1 heterocycles. The van der Waals surface area contributed by atoms with Crippen molar-refractivity contribution in [1.29, 1.82) is 0 Å². The number of ether oxygens (including phenoxy) is 2.